The predicted octanol–water partition coefficient (Wildman–Crippen LogP) is 3.61. The Morgan fingerprint density at radius 3 is 2.59 bits per heavy atom. The molecule has 0 spiro atoms. The molecule has 4 heteroatoms. The number of aromatic carboxylic acids is 1. The molecule has 1 atom stereocenters. The third-order valence-electron chi connectivity index (χ3n) is 4.57. The highest BCUT2D eigenvalue weighted by Gasteiger charge is 2.24. The van der Waals surface area contributed by atoms with Crippen molar-refractivity contribution >= 4 is 17.7 Å². The van der Waals surface area contributed by atoms with Crippen LogP contribution < -0.4 is 0 Å². The third kappa shape index (κ3) is 2.23. The predicted molar refractivity (Wildman–Crippen MR) is 84.7 cm³/mol. The molecule has 1 heterocycles. The molecular formula is C18H16O3S. The second kappa shape index (κ2) is 5.14. The Balaban J connectivity index is 1.78. The van der Waals surface area contributed by atoms with Crippen molar-refractivity contribution in [2.45, 2.75) is 41.6 Å². The lowest BCUT2D eigenvalue weighted by molar-refractivity contribution is 0.0696. The molecule has 0 radical (unpaired) electrons. The van der Waals surface area contributed by atoms with Crippen molar-refractivity contribution in [1.82, 2.24) is 0 Å². The summed E-state index contributed by atoms with van der Waals surface area (Å²) < 4.78 is 0. The smallest absolute Gasteiger partial charge is 0.335 e. The Bertz CT molecular complexity index is 782. The molecule has 0 amide bonds. The molecule has 0 saturated carbocycles. The molecule has 4 rings (SSSR count). The van der Waals surface area contributed by atoms with Crippen LogP contribution in [0.5, 0.6) is 0 Å². The summed E-state index contributed by atoms with van der Waals surface area (Å²) in [4.78, 5) is 13.4. The topological polar surface area (TPSA) is 57.5 Å². The van der Waals surface area contributed by atoms with Crippen molar-refractivity contribution in [3.8, 4) is 0 Å². The molecule has 3 nitrogen and oxygen atoms in total. The molecule has 0 bridgehead atoms. The number of aryl methyl sites for hydroxylation is 3. The lowest BCUT2D eigenvalue weighted by Crippen LogP contribution is -1.98. The van der Waals surface area contributed by atoms with Crippen LogP contribution in [0, 0.1) is 0 Å². The molecule has 112 valence electrons. The Morgan fingerprint density at radius 1 is 1.00 bits per heavy atom. The SMILES string of the molecule is O=C(O)c1ccc2c(c1)Sc1cc3c(cc1CC2)C(O)CC3. The monoisotopic (exact) mass is 312 g/mol. The van der Waals surface area contributed by atoms with Crippen LogP contribution in [0.2, 0.25) is 0 Å². The van der Waals surface area contributed by atoms with Gasteiger partial charge in [0.05, 0.1) is 11.7 Å². The first-order valence-corrected chi connectivity index (χ1v) is 8.31. The van der Waals surface area contributed by atoms with Crippen molar-refractivity contribution in [2.24, 2.45) is 0 Å². The van der Waals surface area contributed by atoms with Gasteiger partial charge in [-0.15, -0.1) is 0 Å². The Hall–Kier alpha value is -1.78. The minimum atomic E-state index is -0.884. The van der Waals surface area contributed by atoms with Gasteiger partial charge < -0.3 is 10.2 Å². The van der Waals surface area contributed by atoms with E-state index in [1.54, 1.807) is 23.9 Å². The largest absolute Gasteiger partial charge is 0.478 e. The number of hydrogen-bond acceptors (Lipinski definition) is 3. The lowest BCUT2D eigenvalue weighted by atomic mass is 9.99. The molecule has 1 aliphatic heterocycles. The zero-order valence-corrected chi connectivity index (χ0v) is 12.8. The fraction of sp³-hybridized carbons (Fsp3) is 0.278. The van der Waals surface area contributed by atoms with E-state index in [0.717, 1.165) is 36.1 Å². The maximum atomic E-state index is 11.2. The van der Waals surface area contributed by atoms with Crippen molar-refractivity contribution in [3.63, 3.8) is 0 Å². The second-order valence-corrected chi connectivity index (χ2v) is 7.03. The third-order valence-corrected chi connectivity index (χ3v) is 5.77. The molecule has 0 aromatic heterocycles. The molecular weight excluding hydrogens is 296 g/mol. The number of hydrogen-bond donors (Lipinski definition) is 2. The summed E-state index contributed by atoms with van der Waals surface area (Å²) >= 11 is 1.66. The highest BCUT2D eigenvalue weighted by Crippen LogP contribution is 2.42. The summed E-state index contributed by atoms with van der Waals surface area (Å²) in [5.74, 6) is -0.884. The van der Waals surface area contributed by atoms with Crippen molar-refractivity contribution in [2.75, 3.05) is 0 Å². The van der Waals surface area contributed by atoms with Crippen molar-refractivity contribution in [3.05, 3.63) is 58.1 Å². The summed E-state index contributed by atoms with van der Waals surface area (Å²) in [6, 6.07) is 9.73. The average Bonchev–Trinajstić information content (AvgIpc) is 2.76. The first kappa shape index (κ1) is 13.9. The van der Waals surface area contributed by atoms with Crippen LogP contribution >= 0.6 is 11.8 Å². The Labute approximate surface area is 133 Å². The quantitative estimate of drug-likeness (QED) is 0.844. The summed E-state index contributed by atoms with van der Waals surface area (Å²) in [7, 11) is 0. The molecule has 0 fully saturated rings. The standard InChI is InChI=1S/C18H16O3S/c19-15-6-5-11-8-17-12(7-14(11)15)3-1-10-2-4-13(18(20)21)9-16(10)22-17/h2,4,7-9,15,19H,1,3,5-6H2,(H,20,21). The number of carboxylic acid groups (broad SMARTS) is 1. The zero-order valence-electron chi connectivity index (χ0n) is 12.0. The van der Waals surface area contributed by atoms with E-state index >= 15 is 0 Å². The van der Waals surface area contributed by atoms with Gasteiger partial charge in [-0.05, 0) is 66.1 Å². The second-order valence-electron chi connectivity index (χ2n) is 5.94. The minimum Gasteiger partial charge on any atom is -0.478 e. The van der Waals surface area contributed by atoms with Crippen LogP contribution in [0.3, 0.4) is 0 Å². The number of benzene rings is 2. The molecule has 2 aromatic carbocycles. The van der Waals surface area contributed by atoms with E-state index < -0.39 is 5.97 Å². The highest BCUT2D eigenvalue weighted by atomic mass is 32.2. The maximum absolute atomic E-state index is 11.2. The van der Waals surface area contributed by atoms with Gasteiger partial charge in [0.2, 0.25) is 0 Å². The molecule has 1 aliphatic carbocycles. The van der Waals surface area contributed by atoms with E-state index in [4.69, 9.17) is 0 Å². The van der Waals surface area contributed by atoms with Gasteiger partial charge in [0, 0.05) is 9.79 Å². The fourth-order valence-corrected chi connectivity index (χ4v) is 4.54. The number of rotatable bonds is 1. The van der Waals surface area contributed by atoms with E-state index in [1.165, 1.54) is 21.6 Å². The van der Waals surface area contributed by atoms with Gasteiger partial charge in [-0.3, -0.25) is 0 Å². The molecule has 1 unspecified atom stereocenters. The van der Waals surface area contributed by atoms with Gasteiger partial charge in [0.1, 0.15) is 0 Å². The average molecular weight is 312 g/mol. The minimum absolute atomic E-state index is 0.324. The van der Waals surface area contributed by atoms with Crippen LogP contribution in [0.4, 0.5) is 0 Å². The van der Waals surface area contributed by atoms with Gasteiger partial charge >= 0.3 is 5.97 Å². The van der Waals surface area contributed by atoms with Crippen LogP contribution in [0.1, 0.15) is 45.1 Å². The number of carboxylic acids is 1. The molecule has 0 saturated heterocycles. The Morgan fingerprint density at radius 2 is 1.77 bits per heavy atom. The molecule has 2 N–H and O–H groups in total. The summed E-state index contributed by atoms with van der Waals surface area (Å²) in [6.07, 6.45) is 3.25. The summed E-state index contributed by atoms with van der Waals surface area (Å²) in [6.45, 7) is 0. The highest BCUT2D eigenvalue weighted by molar-refractivity contribution is 7.99. The van der Waals surface area contributed by atoms with E-state index in [9.17, 15) is 15.0 Å². The van der Waals surface area contributed by atoms with E-state index in [-0.39, 0.29) is 6.10 Å². The Kier molecular flexibility index (Phi) is 3.24. The van der Waals surface area contributed by atoms with Crippen LogP contribution in [-0.2, 0) is 19.3 Å². The van der Waals surface area contributed by atoms with Gasteiger partial charge in [-0.25, -0.2) is 4.79 Å². The summed E-state index contributed by atoms with van der Waals surface area (Å²) in [5.41, 5.74) is 5.11. The number of aliphatic hydroxyl groups excluding tert-OH is 1. The fourth-order valence-electron chi connectivity index (χ4n) is 3.33. The van der Waals surface area contributed by atoms with E-state index in [1.807, 2.05) is 6.07 Å². The van der Waals surface area contributed by atoms with Crippen molar-refractivity contribution < 1.29 is 15.0 Å². The summed E-state index contributed by atoms with van der Waals surface area (Å²) in [5, 5.41) is 19.2. The van der Waals surface area contributed by atoms with Crippen LogP contribution in [0.15, 0.2) is 40.1 Å². The molecule has 22 heavy (non-hydrogen) atoms. The molecule has 2 aliphatic rings. The first-order valence-electron chi connectivity index (χ1n) is 7.49. The van der Waals surface area contributed by atoms with Gasteiger partial charge in [-0.1, -0.05) is 23.9 Å². The van der Waals surface area contributed by atoms with Crippen LogP contribution in [-0.4, -0.2) is 16.2 Å². The first-order chi connectivity index (χ1) is 10.6. The maximum Gasteiger partial charge on any atom is 0.335 e. The number of carbonyl (C=O) groups is 1. The van der Waals surface area contributed by atoms with Crippen molar-refractivity contribution in [1.29, 1.82) is 0 Å². The number of aliphatic hydroxyl groups is 1. The van der Waals surface area contributed by atoms with E-state index in [0.29, 0.717) is 5.56 Å². The van der Waals surface area contributed by atoms with Gasteiger partial charge in [0.15, 0.2) is 0 Å². The normalized spacial score (nSPS) is 19.0. The number of fused-ring (bicyclic) bond motifs is 3. The van der Waals surface area contributed by atoms with Gasteiger partial charge in [-0.2, -0.15) is 0 Å². The van der Waals surface area contributed by atoms with E-state index in [2.05, 4.69) is 12.1 Å². The molecule has 2 aromatic rings. The lowest BCUT2D eigenvalue weighted by Gasteiger charge is -2.11. The zero-order chi connectivity index (χ0) is 15.3. The van der Waals surface area contributed by atoms with Crippen LogP contribution in [0.25, 0.3) is 0 Å². The van der Waals surface area contributed by atoms with Gasteiger partial charge in [0.25, 0.3) is 0 Å².